The van der Waals surface area contributed by atoms with Crippen LogP contribution in [-0.4, -0.2) is 27.6 Å². The molecule has 3 heterocycles. The number of hydrogen-bond acceptors (Lipinski definition) is 5. The first-order valence-electron chi connectivity index (χ1n) is 9.60. The minimum absolute atomic E-state index is 0.123. The van der Waals surface area contributed by atoms with Gasteiger partial charge in [-0.15, -0.1) is 0 Å². The van der Waals surface area contributed by atoms with Gasteiger partial charge in [0.15, 0.2) is 0 Å². The molecule has 0 spiro atoms. The summed E-state index contributed by atoms with van der Waals surface area (Å²) in [7, 11) is 0. The number of rotatable bonds is 1. The molecule has 2 N–H and O–H groups in total. The number of fused-ring (bicyclic) bond motifs is 4. The number of nitrogens with zero attached hydrogens (tertiary/aromatic N) is 2. The van der Waals surface area contributed by atoms with Gasteiger partial charge in [-0.25, -0.2) is 4.79 Å². The zero-order valence-electron chi connectivity index (χ0n) is 17.1. The van der Waals surface area contributed by atoms with Crippen molar-refractivity contribution in [3.05, 3.63) is 54.6 Å². The number of hydrogen-bond donors (Lipinski definition) is 2. The molecule has 7 nitrogen and oxygen atoms in total. The minimum Gasteiger partial charge on any atom is -0.444 e. The maximum Gasteiger partial charge on any atom is 0.408 e. The second-order valence-corrected chi connectivity index (χ2v) is 8.03. The highest BCUT2D eigenvalue weighted by molar-refractivity contribution is 5.97. The van der Waals surface area contributed by atoms with Crippen molar-refractivity contribution < 1.29 is 14.3 Å². The molecular formula is C22H26N4O3. The summed E-state index contributed by atoms with van der Waals surface area (Å²) in [6.45, 7) is 7.27. The normalized spacial score (nSPS) is 20.3. The zero-order chi connectivity index (χ0) is 21.0. The van der Waals surface area contributed by atoms with E-state index >= 15 is 0 Å². The number of carbonyl (C=O) groups is 2. The number of aromatic nitrogens is 2. The Bertz CT molecular complexity index is 934. The number of amides is 2. The van der Waals surface area contributed by atoms with E-state index in [-0.39, 0.29) is 17.9 Å². The molecule has 0 aliphatic carbocycles. The summed E-state index contributed by atoms with van der Waals surface area (Å²) in [5.74, 6) is -0.460. The molecule has 0 saturated carbocycles. The molecule has 1 aliphatic heterocycles. The Morgan fingerprint density at radius 3 is 2.83 bits per heavy atom. The number of carbonyl (C=O) groups excluding carboxylic acids is 2. The Labute approximate surface area is 170 Å². The molecule has 1 aliphatic rings. The molecule has 0 fully saturated rings. The average Bonchev–Trinajstić information content (AvgIpc) is 2.65. The third-order valence-electron chi connectivity index (χ3n) is 4.43. The van der Waals surface area contributed by atoms with Crippen molar-refractivity contribution in [2.24, 2.45) is 5.92 Å². The molecule has 0 aromatic carbocycles. The van der Waals surface area contributed by atoms with Gasteiger partial charge in [0, 0.05) is 18.0 Å². The van der Waals surface area contributed by atoms with Crippen LogP contribution in [0.15, 0.2) is 48.9 Å². The van der Waals surface area contributed by atoms with Crippen molar-refractivity contribution in [1.82, 2.24) is 15.3 Å². The fourth-order valence-electron chi connectivity index (χ4n) is 3.01. The summed E-state index contributed by atoms with van der Waals surface area (Å²) >= 11 is 0. The maximum absolute atomic E-state index is 12.5. The fraction of sp³-hybridized carbons (Fsp3) is 0.364. The van der Waals surface area contributed by atoms with Crippen LogP contribution in [0.2, 0.25) is 0 Å². The summed E-state index contributed by atoms with van der Waals surface area (Å²) in [5.41, 5.74) is 2.46. The van der Waals surface area contributed by atoms with E-state index in [2.05, 4.69) is 20.6 Å². The first kappa shape index (κ1) is 20.5. The largest absolute Gasteiger partial charge is 0.444 e. The molecule has 7 heteroatoms. The highest BCUT2D eigenvalue weighted by Crippen LogP contribution is 2.30. The van der Waals surface area contributed by atoms with Gasteiger partial charge in [0.25, 0.3) is 0 Å². The zero-order valence-corrected chi connectivity index (χ0v) is 17.1. The third-order valence-corrected chi connectivity index (χ3v) is 4.43. The number of ether oxygens (including phenoxy) is 1. The molecule has 2 aromatic heterocycles. The second-order valence-electron chi connectivity index (χ2n) is 8.03. The van der Waals surface area contributed by atoms with Gasteiger partial charge >= 0.3 is 6.09 Å². The van der Waals surface area contributed by atoms with E-state index < -0.39 is 11.7 Å². The molecule has 2 aromatic rings. The van der Waals surface area contributed by atoms with E-state index in [0.717, 1.165) is 11.1 Å². The molecule has 0 radical (unpaired) electrons. The molecule has 2 atom stereocenters. The van der Waals surface area contributed by atoms with Crippen molar-refractivity contribution in [2.45, 2.75) is 45.8 Å². The lowest BCUT2D eigenvalue weighted by molar-refractivity contribution is -0.118. The summed E-state index contributed by atoms with van der Waals surface area (Å²) < 4.78 is 5.41. The molecule has 3 rings (SSSR count). The van der Waals surface area contributed by atoms with Crippen molar-refractivity contribution in [1.29, 1.82) is 0 Å². The van der Waals surface area contributed by atoms with Gasteiger partial charge in [-0.05, 0) is 51.0 Å². The van der Waals surface area contributed by atoms with Gasteiger partial charge in [0.1, 0.15) is 5.60 Å². The maximum atomic E-state index is 12.5. The second kappa shape index (κ2) is 8.43. The number of pyridine rings is 2. The summed E-state index contributed by atoms with van der Waals surface area (Å²) in [6, 6.07) is 5.23. The van der Waals surface area contributed by atoms with Gasteiger partial charge in [0.05, 0.1) is 29.5 Å². The van der Waals surface area contributed by atoms with Crippen LogP contribution in [0.1, 0.15) is 45.9 Å². The van der Waals surface area contributed by atoms with Crippen LogP contribution in [0.4, 0.5) is 10.5 Å². The molecular weight excluding hydrogens is 368 g/mol. The number of nitrogens with one attached hydrogen (secondary N) is 2. The summed E-state index contributed by atoms with van der Waals surface area (Å²) in [5, 5.41) is 5.84. The van der Waals surface area contributed by atoms with Crippen LogP contribution >= 0.6 is 0 Å². The molecule has 1 unspecified atom stereocenters. The van der Waals surface area contributed by atoms with Crippen molar-refractivity contribution in [2.75, 3.05) is 5.32 Å². The number of anilines is 1. The van der Waals surface area contributed by atoms with E-state index in [9.17, 15) is 9.59 Å². The summed E-state index contributed by atoms with van der Waals surface area (Å²) in [6.07, 6.45) is 8.68. The summed E-state index contributed by atoms with van der Waals surface area (Å²) in [4.78, 5) is 33.5. The molecule has 2 amide bonds. The Kier molecular flexibility index (Phi) is 5.96. The van der Waals surface area contributed by atoms with Crippen LogP contribution in [0.3, 0.4) is 0 Å². The first-order valence-corrected chi connectivity index (χ1v) is 9.60. The minimum atomic E-state index is -0.598. The predicted molar refractivity (Wildman–Crippen MR) is 111 cm³/mol. The first-order chi connectivity index (χ1) is 13.7. The van der Waals surface area contributed by atoms with Gasteiger partial charge in [0.2, 0.25) is 5.91 Å². The smallest absolute Gasteiger partial charge is 0.408 e. The lowest BCUT2D eigenvalue weighted by atomic mass is 10.00. The Morgan fingerprint density at radius 1 is 1.28 bits per heavy atom. The third kappa shape index (κ3) is 5.40. The van der Waals surface area contributed by atoms with Gasteiger partial charge in [-0.1, -0.05) is 19.1 Å². The highest BCUT2D eigenvalue weighted by atomic mass is 16.6. The van der Waals surface area contributed by atoms with E-state index in [1.165, 1.54) is 0 Å². The van der Waals surface area contributed by atoms with Gasteiger partial charge in [-0.2, -0.15) is 0 Å². The SMILES string of the molecule is CC1/C=C/C[C@H](NC(=O)OC(C)(C)C)c2cc(ccn2)-c2ccncc2NC1=O. The fourth-order valence-corrected chi connectivity index (χ4v) is 3.01. The van der Waals surface area contributed by atoms with Crippen LogP contribution in [0.25, 0.3) is 11.1 Å². The van der Waals surface area contributed by atoms with Crippen LogP contribution in [-0.2, 0) is 9.53 Å². The molecule has 152 valence electrons. The topological polar surface area (TPSA) is 93.2 Å². The quantitative estimate of drug-likeness (QED) is 0.706. The van der Waals surface area contributed by atoms with Gasteiger partial charge < -0.3 is 15.4 Å². The van der Waals surface area contributed by atoms with E-state index in [0.29, 0.717) is 17.8 Å². The van der Waals surface area contributed by atoms with Crippen molar-refractivity contribution in [3.63, 3.8) is 0 Å². The van der Waals surface area contributed by atoms with Crippen LogP contribution in [0, 0.1) is 5.92 Å². The number of alkyl carbamates (subject to hydrolysis) is 1. The average molecular weight is 394 g/mol. The van der Waals surface area contributed by atoms with Crippen molar-refractivity contribution >= 4 is 17.7 Å². The highest BCUT2D eigenvalue weighted by Gasteiger charge is 2.22. The van der Waals surface area contributed by atoms with Crippen molar-refractivity contribution in [3.8, 4) is 11.1 Å². The monoisotopic (exact) mass is 394 g/mol. The lowest BCUT2D eigenvalue weighted by Gasteiger charge is -2.23. The molecule has 2 bridgehead atoms. The Morgan fingerprint density at radius 2 is 2.07 bits per heavy atom. The van der Waals surface area contributed by atoms with E-state index in [4.69, 9.17) is 4.74 Å². The molecule has 29 heavy (non-hydrogen) atoms. The Balaban J connectivity index is 2.01. The van der Waals surface area contributed by atoms with E-state index in [1.807, 2.05) is 58.0 Å². The van der Waals surface area contributed by atoms with E-state index in [1.54, 1.807) is 18.6 Å². The van der Waals surface area contributed by atoms with Crippen LogP contribution in [0.5, 0.6) is 0 Å². The standard InChI is InChI=1S/C22H26N4O3/c1-14-6-5-7-17(26-21(28)29-22(2,3)4)18-12-15(8-11-24-18)16-9-10-23-13-19(16)25-20(14)27/h5-6,8-14,17H,7H2,1-4H3,(H,25,27)(H,26,28)/b6-5+/t14?,17-/m0/s1. The lowest BCUT2D eigenvalue weighted by Crippen LogP contribution is -2.35. The Hall–Kier alpha value is -3.22. The predicted octanol–water partition coefficient (Wildman–Crippen LogP) is 4.24. The molecule has 0 saturated heterocycles. The van der Waals surface area contributed by atoms with Gasteiger partial charge in [-0.3, -0.25) is 14.8 Å². The van der Waals surface area contributed by atoms with Crippen LogP contribution < -0.4 is 10.6 Å².